The Balaban J connectivity index is 0. The molecule has 0 saturated carbocycles. The minimum Gasteiger partial charge on any atom is -0.460 e. The molecule has 0 amide bonds. The van der Waals surface area contributed by atoms with Crippen LogP contribution in [0, 0.1) is 0 Å². The standard InChI is InChI=1S/C6H10O2.C2H4/c1-4-6(7)8-5(2)3;1-2/h4-5H,1H2,2-3H3;1-2H2. The van der Waals surface area contributed by atoms with E-state index in [0.717, 1.165) is 6.08 Å². The van der Waals surface area contributed by atoms with Gasteiger partial charge in [-0.1, -0.05) is 6.58 Å². The molecule has 0 aromatic heterocycles. The van der Waals surface area contributed by atoms with Gasteiger partial charge in [0.25, 0.3) is 0 Å². The van der Waals surface area contributed by atoms with Gasteiger partial charge in [0.05, 0.1) is 6.10 Å². The lowest BCUT2D eigenvalue weighted by atomic mass is 10.5. The van der Waals surface area contributed by atoms with Crippen molar-refractivity contribution in [3.8, 4) is 0 Å². The number of esters is 1. The Hall–Kier alpha value is -1.05. The monoisotopic (exact) mass is 142 g/mol. The minimum atomic E-state index is -0.361. The highest BCUT2D eigenvalue weighted by Crippen LogP contribution is 1.87. The summed E-state index contributed by atoms with van der Waals surface area (Å²) in [6, 6.07) is 0. The van der Waals surface area contributed by atoms with E-state index in [-0.39, 0.29) is 12.1 Å². The first-order valence-electron chi connectivity index (χ1n) is 3.00. The Morgan fingerprint density at radius 2 is 1.90 bits per heavy atom. The van der Waals surface area contributed by atoms with E-state index in [9.17, 15) is 4.79 Å². The van der Waals surface area contributed by atoms with Crippen LogP contribution in [0.1, 0.15) is 13.8 Å². The molecular formula is C8H14O2. The molecule has 0 atom stereocenters. The Morgan fingerprint density at radius 3 is 2.00 bits per heavy atom. The Morgan fingerprint density at radius 1 is 1.50 bits per heavy atom. The van der Waals surface area contributed by atoms with Crippen molar-refractivity contribution in [2.24, 2.45) is 0 Å². The average molecular weight is 142 g/mol. The highest BCUT2D eigenvalue weighted by molar-refractivity contribution is 5.81. The maximum Gasteiger partial charge on any atom is 0.330 e. The Kier molecular flexibility index (Phi) is 9.31. The Bertz CT molecular complexity index is 106. The second-order valence-electron chi connectivity index (χ2n) is 1.69. The summed E-state index contributed by atoms with van der Waals surface area (Å²) in [5.74, 6) is -0.361. The highest BCUT2D eigenvalue weighted by atomic mass is 16.5. The maximum atomic E-state index is 10.3. The van der Waals surface area contributed by atoms with E-state index in [1.807, 2.05) is 0 Å². The zero-order valence-electron chi connectivity index (χ0n) is 6.59. The van der Waals surface area contributed by atoms with E-state index in [0.29, 0.717) is 0 Å². The largest absolute Gasteiger partial charge is 0.460 e. The van der Waals surface area contributed by atoms with Crippen molar-refractivity contribution in [1.29, 1.82) is 0 Å². The molecule has 0 bridgehead atoms. The second-order valence-corrected chi connectivity index (χ2v) is 1.69. The fraction of sp³-hybridized carbons (Fsp3) is 0.375. The van der Waals surface area contributed by atoms with Crippen molar-refractivity contribution in [2.75, 3.05) is 0 Å². The summed E-state index contributed by atoms with van der Waals surface area (Å²) in [6.45, 7) is 12.8. The van der Waals surface area contributed by atoms with Gasteiger partial charge in [-0.15, -0.1) is 13.2 Å². The lowest BCUT2D eigenvalue weighted by molar-refractivity contribution is -0.141. The van der Waals surface area contributed by atoms with Gasteiger partial charge in [0.15, 0.2) is 0 Å². The number of hydrogen-bond acceptors (Lipinski definition) is 2. The van der Waals surface area contributed by atoms with E-state index in [1.165, 1.54) is 0 Å². The van der Waals surface area contributed by atoms with Crippen molar-refractivity contribution >= 4 is 5.97 Å². The summed E-state index contributed by atoms with van der Waals surface area (Å²) >= 11 is 0. The van der Waals surface area contributed by atoms with Crippen molar-refractivity contribution in [1.82, 2.24) is 0 Å². The van der Waals surface area contributed by atoms with Crippen LogP contribution in [0.25, 0.3) is 0 Å². The maximum absolute atomic E-state index is 10.3. The van der Waals surface area contributed by atoms with Crippen LogP contribution in [0.2, 0.25) is 0 Å². The molecule has 2 nitrogen and oxygen atoms in total. The molecule has 0 aromatic rings. The van der Waals surface area contributed by atoms with Crippen molar-refractivity contribution < 1.29 is 9.53 Å². The smallest absolute Gasteiger partial charge is 0.330 e. The molecule has 0 N–H and O–H groups in total. The fourth-order valence-electron chi connectivity index (χ4n) is 0.280. The third kappa shape index (κ3) is 10.0. The predicted molar refractivity (Wildman–Crippen MR) is 42.7 cm³/mol. The van der Waals surface area contributed by atoms with Crippen molar-refractivity contribution in [3.05, 3.63) is 25.8 Å². The molecule has 0 fully saturated rings. The minimum absolute atomic E-state index is 0.0412. The van der Waals surface area contributed by atoms with Crippen LogP contribution in [0.5, 0.6) is 0 Å². The summed E-state index contributed by atoms with van der Waals surface area (Å²) in [4.78, 5) is 10.3. The number of ether oxygens (including phenoxy) is 1. The number of hydrogen-bond donors (Lipinski definition) is 0. The van der Waals surface area contributed by atoms with Crippen LogP contribution in [0.15, 0.2) is 25.8 Å². The molecule has 0 unspecified atom stereocenters. The van der Waals surface area contributed by atoms with Gasteiger partial charge in [-0.25, -0.2) is 4.79 Å². The molecule has 10 heavy (non-hydrogen) atoms. The van der Waals surface area contributed by atoms with Crippen LogP contribution in [-0.2, 0) is 9.53 Å². The van der Waals surface area contributed by atoms with Crippen LogP contribution >= 0.6 is 0 Å². The molecule has 0 aliphatic carbocycles. The van der Waals surface area contributed by atoms with Crippen LogP contribution in [0.3, 0.4) is 0 Å². The molecule has 0 aliphatic heterocycles. The average Bonchev–Trinajstić information content (AvgIpc) is 1.91. The third-order valence-corrected chi connectivity index (χ3v) is 0.519. The zero-order valence-corrected chi connectivity index (χ0v) is 6.59. The van der Waals surface area contributed by atoms with Crippen LogP contribution < -0.4 is 0 Å². The number of carbonyl (C=O) groups excluding carboxylic acids is 1. The van der Waals surface area contributed by atoms with Gasteiger partial charge in [-0.05, 0) is 13.8 Å². The third-order valence-electron chi connectivity index (χ3n) is 0.519. The lowest BCUT2D eigenvalue weighted by Crippen LogP contribution is -2.07. The lowest BCUT2D eigenvalue weighted by Gasteiger charge is -2.02. The SMILES string of the molecule is C=C.C=CC(=O)OC(C)C. The number of carbonyl (C=O) groups is 1. The Labute approximate surface area is 62.2 Å². The summed E-state index contributed by atoms with van der Waals surface area (Å²) < 4.78 is 4.64. The normalized spacial score (nSPS) is 7.50. The van der Waals surface area contributed by atoms with Crippen LogP contribution in [-0.4, -0.2) is 12.1 Å². The molecule has 0 saturated heterocycles. The first-order chi connectivity index (χ1) is 4.66. The highest BCUT2D eigenvalue weighted by Gasteiger charge is 1.96. The zero-order chi connectivity index (χ0) is 8.57. The summed E-state index contributed by atoms with van der Waals surface area (Å²) in [6.07, 6.45) is 1.11. The van der Waals surface area contributed by atoms with E-state index < -0.39 is 0 Å². The van der Waals surface area contributed by atoms with E-state index in [2.05, 4.69) is 24.5 Å². The van der Waals surface area contributed by atoms with Gasteiger partial charge in [0.1, 0.15) is 0 Å². The van der Waals surface area contributed by atoms with E-state index in [4.69, 9.17) is 0 Å². The number of rotatable bonds is 2. The first-order valence-corrected chi connectivity index (χ1v) is 3.00. The molecule has 0 rings (SSSR count). The summed E-state index contributed by atoms with van der Waals surface area (Å²) in [5.41, 5.74) is 0. The van der Waals surface area contributed by atoms with Crippen LogP contribution in [0.4, 0.5) is 0 Å². The van der Waals surface area contributed by atoms with Crippen molar-refractivity contribution in [3.63, 3.8) is 0 Å². The first kappa shape index (κ1) is 11.7. The van der Waals surface area contributed by atoms with Crippen molar-refractivity contribution in [2.45, 2.75) is 20.0 Å². The second kappa shape index (κ2) is 7.95. The van der Waals surface area contributed by atoms with Gasteiger partial charge in [0.2, 0.25) is 0 Å². The van der Waals surface area contributed by atoms with E-state index >= 15 is 0 Å². The topological polar surface area (TPSA) is 26.3 Å². The van der Waals surface area contributed by atoms with Gasteiger partial charge < -0.3 is 4.74 Å². The molecule has 0 spiro atoms. The molecule has 2 heteroatoms. The molecule has 58 valence electrons. The molecule has 0 aromatic carbocycles. The van der Waals surface area contributed by atoms with Gasteiger partial charge in [-0.3, -0.25) is 0 Å². The van der Waals surface area contributed by atoms with E-state index in [1.54, 1.807) is 13.8 Å². The van der Waals surface area contributed by atoms with Gasteiger partial charge in [-0.2, -0.15) is 0 Å². The molecular weight excluding hydrogens is 128 g/mol. The molecule has 0 heterocycles. The summed E-state index contributed by atoms with van der Waals surface area (Å²) in [5, 5.41) is 0. The fourth-order valence-corrected chi connectivity index (χ4v) is 0.280. The molecule has 0 aliphatic rings. The van der Waals surface area contributed by atoms with Gasteiger partial charge in [0, 0.05) is 6.08 Å². The summed E-state index contributed by atoms with van der Waals surface area (Å²) in [7, 11) is 0. The quantitative estimate of drug-likeness (QED) is 0.334. The molecule has 0 radical (unpaired) electrons. The van der Waals surface area contributed by atoms with Gasteiger partial charge >= 0.3 is 5.97 Å². The predicted octanol–water partition coefficient (Wildman–Crippen LogP) is 1.93.